The van der Waals surface area contributed by atoms with Crippen LogP contribution in [0.15, 0.2) is 48.5 Å². The van der Waals surface area contributed by atoms with Crippen LogP contribution >= 0.6 is 11.3 Å². The van der Waals surface area contributed by atoms with Crippen LogP contribution in [0.5, 0.6) is 0 Å². The standard InChI is InChI=1S/C17H9F5N2OS/c18-10-7-4-8-11(19)12(10)23-15(25)13-14(17(20,21)22)24-16(26-13)9-5-2-1-3-6-9/h1-8H,(H,23,25). The van der Waals surface area contributed by atoms with Crippen molar-refractivity contribution < 1.29 is 26.7 Å². The molecule has 3 rings (SSSR count). The number of rotatable bonds is 3. The average Bonchev–Trinajstić information content (AvgIpc) is 3.05. The minimum atomic E-state index is -4.90. The first-order valence-corrected chi connectivity index (χ1v) is 7.98. The van der Waals surface area contributed by atoms with Crippen LogP contribution in [0.4, 0.5) is 27.6 Å². The zero-order valence-electron chi connectivity index (χ0n) is 12.8. The number of nitrogens with one attached hydrogen (secondary N) is 1. The fraction of sp³-hybridized carbons (Fsp3) is 0.0588. The molecule has 0 unspecified atom stereocenters. The zero-order chi connectivity index (χ0) is 18.9. The van der Waals surface area contributed by atoms with E-state index in [0.717, 1.165) is 18.2 Å². The molecule has 3 aromatic rings. The van der Waals surface area contributed by atoms with Gasteiger partial charge in [0.05, 0.1) is 0 Å². The Morgan fingerprint density at radius 1 is 0.962 bits per heavy atom. The maximum absolute atomic E-state index is 13.6. The van der Waals surface area contributed by atoms with Gasteiger partial charge in [-0.05, 0) is 12.1 Å². The Kier molecular flexibility index (Phi) is 4.73. The van der Waals surface area contributed by atoms with Crippen LogP contribution < -0.4 is 5.32 Å². The molecule has 0 atom stereocenters. The highest BCUT2D eigenvalue weighted by molar-refractivity contribution is 7.17. The van der Waals surface area contributed by atoms with E-state index in [1.807, 2.05) is 5.32 Å². The van der Waals surface area contributed by atoms with Crippen LogP contribution in [0.1, 0.15) is 15.4 Å². The summed E-state index contributed by atoms with van der Waals surface area (Å²) in [7, 11) is 0. The molecule has 0 aliphatic heterocycles. The largest absolute Gasteiger partial charge is 0.435 e. The van der Waals surface area contributed by atoms with Gasteiger partial charge in [-0.25, -0.2) is 13.8 Å². The van der Waals surface area contributed by atoms with Gasteiger partial charge in [-0.2, -0.15) is 13.2 Å². The molecule has 1 aromatic heterocycles. The summed E-state index contributed by atoms with van der Waals surface area (Å²) in [4.78, 5) is 15.0. The number of para-hydroxylation sites is 1. The van der Waals surface area contributed by atoms with E-state index in [2.05, 4.69) is 4.98 Å². The highest BCUT2D eigenvalue weighted by Gasteiger charge is 2.40. The number of hydrogen-bond acceptors (Lipinski definition) is 3. The van der Waals surface area contributed by atoms with Crippen molar-refractivity contribution in [2.45, 2.75) is 6.18 Å². The summed E-state index contributed by atoms with van der Waals surface area (Å²) in [6.07, 6.45) is -4.90. The third-order valence-corrected chi connectivity index (χ3v) is 4.43. The van der Waals surface area contributed by atoms with Crippen molar-refractivity contribution >= 4 is 22.9 Å². The van der Waals surface area contributed by atoms with Gasteiger partial charge in [-0.1, -0.05) is 36.4 Å². The van der Waals surface area contributed by atoms with Gasteiger partial charge < -0.3 is 5.32 Å². The topological polar surface area (TPSA) is 42.0 Å². The van der Waals surface area contributed by atoms with E-state index in [1.165, 1.54) is 12.1 Å². The SMILES string of the molecule is O=C(Nc1c(F)cccc1F)c1sc(-c2ccccc2)nc1C(F)(F)F. The van der Waals surface area contributed by atoms with Gasteiger partial charge in [-0.3, -0.25) is 4.79 Å². The summed E-state index contributed by atoms with van der Waals surface area (Å²) in [6.45, 7) is 0. The molecule has 0 bridgehead atoms. The lowest BCUT2D eigenvalue weighted by Gasteiger charge is -2.08. The summed E-state index contributed by atoms with van der Waals surface area (Å²) < 4.78 is 67.0. The molecule has 0 aliphatic rings. The number of aromatic nitrogens is 1. The first kappa shape index (κ1) is 18.0. The van der Waals surface area contributed by atoms with E-state index in [9.17, 15) is 26.7 Å². The van der Waals surface area contributed by atoms with Crippen molar-refractivity contribution in [2.24, 2.45) is 0 Å². The summed E-state index contributed by atoms with van der Waals surface area (Å²) in [5.41, 5.74) is -1.84. The van der Waals surface area contributed by atoms with Gasteiger partial charge in [0.2, 0.25) is 0 Å². The predicted molar refractivity (Wildman–Crippen MR) is 86.9 cm³/mol. The molecule has 2 aromatic carbocycles. The first-order valence-electron chi connectivity index (χ1n) is 7.16. The van der Waals surface area contributed by atoms with Crippen molar-refractivity contribution in [3.05, 3.63) is 70.7 Å². The lowest BCUT2D eigenvalue weighted by Crippen LogP contribution is -2.18. The number of hydrogen-bond donors (Lipinski definition) is 1. The van der Waals surface area contributed by atoms with Crippen molar-refractivity contribution in [3.63, 3.8) is 0 Å². The van der Waals surface area contributed by atoms with Crippen LogP contribution in [-0.2, 0) is 6.18 Å². The maximum Gasteiger partial charge on any atom is 0.435 e. The van der Waals surface area contributed by atoms with Gasteiger partial charge >= 0.3 is 6.18 Å². The first-order chi connectivity index (χ1) is 12.3. The molecule has 3 nitrogen and oxygen atoms in total. The molecule has 0 aliphatic carbocycles. The summed E-state index contributed by atoms with van der Waals surface area (Å²) in [6, 6.07) is 10.8. The van der Waals surface area contributed by atoms with E-state index < -0.39 is 40.0 Å². The number of alkyl halides is 3. The molecule has 0 fully saturated rings. The van der Waals surface area contributed by atoms with Gasteiger partial charge in [0.1, 0.15) is 27.2 Å². The predicted octanol–water partition coefficient (Wildman–Crippen LogP) is 5.36. The Balaban J connectivity index is 2.03. The minimum Gasteiger partial charge on any atom is -0.316 e. The molecule has 1 heterocycles. The molecule has 0 saturated carbocycles. The number of thiazole rings is 1. The maximum atomic E-state index is 13.6. The Morgan fingerprint density at radius 2 is 1.58 bits per heavy atom. The zero-order valence-corrected chi connectivity index (χ0v) is 13.6. The lowest BCUT2D eigenvalue weighted by molar-refractivity contribution is -0.140. The molecule has 134 valence electrons. The summed E-state index contributed by atoms with van der Waals surface area (Å²) >= 11 is 0.490. The summed E-state index contributed by atoms with van der Waals surface area (Å²) in [5, 5.41) is 1.82. The fourth-order valence-electron chi connectivity index (χ4n) is 2.16. The van der Waals surface area contributed by atoms with Gasteiger partial charge in [0, 0.05) is 5.56 Å². The highest BCUT2D eigenvalue weighted by atomic mass is 32.1. The van der Waals surface area contributed by atoms with Gasteiger partial charge in [0.15, 0.2) is 5.69 Å². The third kappa shape index (κ3) is 3.57. The number of benzene rings is 2. The molecule has 1 N–H and O–H groups in total. The second-order valence-corrected chi connectivity index (χ2v) is 6.11. The Morgan fingerprint density at radius 3 is 2.15 bits per heavy atom. The Labute approximate surface area is 148 Å². The molecular weight excluding hydrogens is 375 g/mol. The van der Waals surface area contributed by atoms with E-state index in [-0.39, 0.29) is 5.01 Å². The summed E-state index contributed by atoms with van der Waals surface area (Å²) in [5.74, 6) is -3.49. The van der Waals surface area contributed by atoms with E-state index in [1.54, 1.807) is 18.2 Å². The lowest BCUT2D eigenvalue weighted by atomic mass is 10.2. The van der Waals surface area contributed by atoms with Crippen LogP contribution in [-0.4, -0.2) is 10.9 Å². The van der Waals surface area contributed by atoms with Crippen molar-refractivity contribution in [1.82, 2.24) is 4.98 Å². The van der Waals surface area contributed by atoms with Gasteiger partial charge in [-0.15, -0.1) is 11.3 Å². The number of nitrogens with zero attached hydrogens (tertiary/aromatic N) is 1. The fourth-order valence-corrected chi connectivity index (χ4v) is 3.14. The van der Waals surface area contributed by atoms with E-state index in [0.29, 0.717) is 16.9 Å². The van der Waals surface area contributed by atoms with Crippen LogP contribution in [0.25, 0.3) is 10.6 Å². The van der Waals surface area contributed by atoms with Crippen molar-refractivity contribution in [1.29, 1.82) is 0 Å². The second-order valence-electron chi connectivity index (χ2n) is 5.11. The number of halogens is 5. The van der Waals surface area contributed by atoms with Crippen LogP contribution in [0.3, 0.4) is 0 Å². The molecule has 0 spiro atoms. The Bertz CT molecular complexity index is 933. The second kappa shape index (κ2) is 6.83. The molecule has 26 heavy (non-hydrogen) atoms. The quantitative estimate of drug-likeness (QED) is 0.618. The van der Waals surface area contributed by atoms with E-state index in [4.69, 9.17) is 0 Å². The van der Waals surface area contributed by atoms with Crippen LogP contribution in [0, 0.1) is 11.6 Å². The normalized spacial score (nSPS) is 11.4. The number of carbonyl (C=O) groups is 1. The van der Waals surface area contributed by atoms with E-state index >= 15 is 0 Å². The smallest absolute Gasteiger partial charge is 0.316 e. The number of amides is 1. The highest BCUT2D eigenvalue weighted by Crippen LogP contribution is 2.38. The monoisotopic (exact) mass is 384 g/mol. The molecular formula is C17H9F5N2OS. The van der Waals surface area contributed by atoms with Crippen molar-refractivity contribution in [3.8, 4) is 10.6 Å². The average molecular weight is 384 g/mol. The third-order valence-electron chi connectivity index (χ3n) is 3.32. The number of anilines is 1. The van der Waals surface area contributed by atoms with Crippen molar-refractivity contribution in [2.75, 3.05) is 5.32 Å². The van der Waals surface area contributed by atoms with Gasteiger partial charge in [0.25, 0.3) is 5.91 Å². The number of carbonyl (C=O) groups excluding carboxylic acids is 1. The Hall–Kier alpha value is -2.81. The molecule has 1 amide bonds. The van der Waals surface area contributed by atoms with Crippen LogP contribution in [0.2, 0.25) is 0 Å². The minimum absolute atomic E-state index is 0.0305. The molecule has 0 saturated heterocycles. The molecule has 9 heteroatoms. The molecule has 0 radical (unpaired) electrons.